The van der Waals surface area contributed by atoms with Crippen molar-refractivity contribution < 1.29 is 42.7 Å². The summed E-state index contributed by atoms with van der Waals surface area (Å²) < 4.78 is 47.0. The maximum Gasteiger partial charge on any atom is 0.338 e. The molecule has 3 aromatic carbocycles. The number of esters is 1. The van der Waals surface area contributed by atoms with E-state index < -0.39 is 12.0 Å². The molecule has 1 atom stereocenters. The highest BCUT2D eigenvalue weighted by Crippen LogP contribution is 2.42. The van der Waals surface area contributed by atoms with Crippen LogP contribution in [0.2, 0.25) is 0 Å². The van der Waals surface area contributed by atoms with Crippen molar-refractivity contribution in [1.82, 2.24) is 4.57 Å². The fourth-order valence-corrected chi connectivity index (χ4v) is 6.72. The second-order valence-corrected chi connectivity index (χ2v) is 11.9. The Kier molecular flexibility index (Phi) is 11.4. The van der Waals surface area contributed by atoms with Crippen LogP contribution in [-0.4, -0.2) is 59.3 Å². The molecule has 2 heterocycles. The number of thiazole rings is 1. The normalized spacial score (nSPS) is 14.0. The van der Waals surface area contributed by atoms with Crippen molar-refractivity contribution >= 4 is 23.4 Å². The molecular formula is C37H40N2O10S. The van der Waals surface area contributed by atoms with E-state index in [1.165, 1.54) is 37.2 Å². The Balaban J connectivity index is 1.59. The molecule has 0 unspecified atom stereocenters. The van der Waals surface area contributed by atoms with Gasteiger partial charge in [-0.15, -0.1) is 0 Å². The van der Waals surface area contributed by atoms with Crippen LogP contribution in [0.25, 0.3) is 6.08 Å². The number of carbonyl (C=O) groups is 1. The monoisotopic (exact) mass is 704 g/mol. The van der Waals surface area contributed by atoms with Gasteiger partial charge >= 0.3 is 5.97 Å². The quantitative estimate of drug-likeness (QED) is 0.169. The second-order valence-electron chi connectivity index (χ2n) is 10.9. The van der Waals surface area contributed by atoms with Crippen LogP contribution < -0.4 is 48.1 Å². The minimum atomic E-state index is -0.885. The molecule has 1 aliphatic heterocycles. The van der Waals surface area contributed by atoms with Crippen molar-refractivity contribution in [2.24, 2.45) is 4.99 Å². The zero-order valence-corrected chi connectivity index (χ0v) is 30.1. The molecule has 0 saturated heterocycles. The molecule has 1 aromatic heterocycles. The fourth-order valence-electron chi connectivity index (χ4n) is 5.67. The van der Waals surface area contributed by atoms with Gasteiger partial charge in [-0.2, -0.15) is 0 Å². The van der Waals surface area contributed by atoms with Crippen LogP contribution >= 0.6 is 11.3 Å². The highest BCUT2D eigenvalue weighted by molar-refractivity contribution is 7.07. The van der Waals surface area contributed by atoms with Crippen molar-refractivity contribution in [1.29, 1.82) is 0 Å². The van der Waals surface area contributed by atoms with Crippen LogP contribution in [0.3, 0.4) is 0 Å². The second kappa shape index (κ2) is 15.9. The number of carbonyl (C=O) groups excluding carboxylic acids is 1. The topological polar surface area (TPSA) is 125 Å². The Morgan fingerprint density at radius 2 is 1.52 bits per heavy atom. The molecule has 50 heavy (non-hydrogen) atoms. The molecule has 0 radical (unpaired) electrons. The number of hydrogen-bond acceptors (Lipinski definition) is 12. The number of methoxy groups -OCH3 is 5. The van der Waals surface area contributed by atoms with Crippen LogP contribution in [0.1, 0.15) is 43.5 Å². The van der Waals surface area contributed by atoms with Gasteiger partial charge in [0.2, 0.25) is 5.75 Å². The van der Waals surface area contributed by atoms with Gasteiger partial charge in [-0.25, -0.2) is 9.79 Å². The predicted molar refractivity (Wildman–Crippen MR) is 188 cm³/mol. The summed E-state index contributed by atoms with van der Waals surface area (Å²) in [6, 6.07) is 13.5. The molecule has 0 saturated carbocycles. The number of benzene rings is 3. The van der Waals surface area contributed by atoms with Crippen LogP contribution in [0, 0.1) is 0 Å². The third-order valence-electron chi connectivity index (χ3n) is 7.96. The Labute approximate surface area is 293 Å². The van der Waals surface area contributed by atoms with Crippen molar-refractivity contribution in [2.45, 2.75) is 33.4 Å². The molecule has 264 valence electrons. The molecular weight excluding hydrogens is 664 g/mol. The fraction of sp³-hybridized carbons (Fsp3) is 0.324. The number of allylic oxidation sites excluding steroid dienone is 1. The summed E-state index contributed by atoms with van der Waals surface area (Å²) in [6.45, 7) is 6.09. The Bertz CT molecular complexity index is 2070. The first-order valence-electron chi connectivity index (χ1n) is 15.8. The molecule has 0 N–H and O–H groups in total. The third kappa shape index (κ3) is 7.13. The standard InChI is InChI=1S/C37H40N2O10S/c1-9-47-28-15-22(11-13-27(28)49-20-24-17-25(42-4)12-14-26(24)43-5)16-31-35(40)39-33(23-18-29(44-6)34(46-8)30(19-23)45-7)32(36(41)48-10-2)21(3)38-37(39)50-31/h11-19,33H,9-10,20H2,1-8H3/b31-16-/t33-/m0/s1. The molecule has 13 heteroatoms. The zero-order valence-electron chi connectivity index (χ0n) is 29.3. The maximum absolute atomic E-state index is 14.3. The molecule has 0 bridgehead atoms. The van der Waals surface area contributed by atoms with Crippen LogP contribution in [-0.2, 0) is 16.1 Å². The highest BCUT2D eigenvalue weighted by atomic mass is 32.1. The Morgan fingerprint density at radius 3 is 2.14 bits per heavy atom. The van der Waals surface area contributed by atoms with Gasteiger partial charge in [0.15, 0.2) is 27.8 Å². The predicted octanol–water partition coefficient (Wildman–Crippen LogP) is 4.82. The first kappa shape index (κ1) is 35.9. The summed E-state index contributed by atoms with van der Waals surface area (Å²) in [6.07, 6.45) is 1.76. The largest absolute Gasteiger partial charge is 0.497 e. The van der Waals surface area contributed by atoms with Gasteiger partial charge in [0.05, 0.1) is 70.6 Å². The van der Waals surface area contributed by atoms with Crippen LogP contribution in [0.4, 0.5) is 0 Å². The van der Waals surface area contributed by atoms with E-state index in [-0.39, 0.29) is 24.3 Å². The lowest BCUT2D eigenvalue weighted by Crippen LogP contribution is -2.40. The van der Waals surface area contributed by atoms with Gasteiger partial charge in [0.25, 0.3) is 5.56 Å². The van der Waals surface area contributed by atoms with E-state index in [2.05, 4.69) is 4.99 Å². The van der Waals surface area contributed by atoms with E-state index in [1.54, 1.807) is 52.3 Å². The number of aromatic nitrogens is 1. The number of hydrogen-bond donors (Lipinski definition) is 0. The zero-order chi connectivity index (χ0) is 35.9. The molecule has 12 nitrogen and oxygen atoms in total. The lowest BCUT2D eigenvalue weighted by Gasteiger charge is -2.26. The lowest BCUT2D eigenvalue weighted by molar-refractivity contribution is -0.139. The van der Waals surface area contributed by atoms with Gasteiger partial charge in [0.1, 0.15) is 18.1 Å². The number of nitrogens with zero attached hydrogens (tertiary/aromatic N) is 2. The minimum Gasteiger partial charge on any atom is -0.497 e. The van der Waals surface area contributed by atoms with E-state index in [9.17, 15) is 9.59 Å². The summed E-state index contributed by atoms with van der Waals surface area (Å²) in [5, 5.41) is 0. The summed E-state index contributed by atoms with van der Waals surface area (Å²) in [5.41, 5.74) is 2.38. The van der Waals surface area contributed by atoms with Gasteiger partial charge in [-0.3, -0.25) is 9.36 Å². The van der Waals surface area contributed by atoms with Crippen LogP contribution in [0.15, 0.2) is 69.6 Å². The van der Waals surface area contributed by atoms with Crippen molar-refractivity contribution in [3.05, 3.63) is 96.2 Å². The Morgan fingerprint density at radius 1 is 0.820 bits per heavy atom. The summed E-state index contributed by atoms with van der Waals surface area (Å²) >= 11 is 1.21. The van der Waals surface area contributed by atoms with Crippen molar-refractivity contribution in [3.63, 3.8) is 0 Å². The third-order valence-corrected chi connectivity index (χ3v) is 8.94. The number of fused-ring (bicyclic) bond motifs is 1. The minimum absolute atomic E-state index is 0.150. The summed E-state index contributed by atoms with van der Waals surface area (Å²) in [4.78, 5) is 32.8. The lowest BCUT2D eigenvalue weighted by atomic mass is 9.95. The average Bonchev–Trinajstić information content (AvgIpc) is 3.43. The molecule has 5 rings (SSSR count). The number of ether oxygens (including phenoxy) is 8. The molecule has 0 fully saturated rings. The molecule has 0 amide bonds. The SMILES string of the molecule is CCOC(=O)C1=C(C)N=c2s/c(=C\c3ccc(OCc4cc(OC)ccc4OC)c(OCC)c3)c(=O)n2[C@H]1c1cc(OC)c(OC)c(OC)c1. The van der Waals surface area contributed by atoms with E-state index in [4.69, 9.17) is 37.9 Å². The van der Waals surface area contributed by atoms with Gasteiger partial charge < -0.3 is 37.9 Å². The van der Waals surface area contributed by atoms with E-state index >= 15 is 0 Å². The maximum atomic E-state index is 14.3. The van der Waals surface area contributed by atoms with Crippen molar-refractivity contribution in [2.75, 3.05) is 48.8 Å². The van der Waals surface area contributed by atoms with E-state index in [1.807, 2.05) is 37.3 Å². The van der Waals surface area contributed by atoms with Crippen LogP contribution in [0.5, 0.6) is 40.2 Å². The van der Waals surface area contributed by atoms with Gasteiger partial charge in [0, 0.05) is 5.56 Å². The molecule has 0 aliphatic carbocycles. The molecule has 0 spiro atoms. The molecule has 1 aliphatic rings. The van der Waals surface area contributed by atoms with Gasteiger partial charge in [-0.05, 0) is 80.4 Å². The highest BCUT2D eigenvalue weighted by Gasteiger charge is 2.34. The Hall–Kier alpha value is -5.43. The average molecular weight is 705 g/mol. The van der Waals surface area contributed by atoms with E-state index in [0.29, 0.717) is 73.0 Å². The van der Waals surface area contributed by atoms with E-state index in [0.717, 1.165) is 5.56 Å². The number of rotatable bonds is 14. The van der Waals surface area contributed by atoms with Crippen molar-refractivity contribution in [3.8, 4) is 40.2 Å². The summed E-state index contributed by atoms with van der Waals surface area (Å²) in [7, 11) is 7.71. The first-order valence-corrected chi connectivity index (χ1v) is 16.6. The first-order chi connectivity index (χ1) is 24.2. The summed E-state index contributed by atoms with van der Waals surface area (Å²) in [5.74, 6) is 2.93. The van der Waals surface area contributed by atoms with Gasteiger partial charge in [-0.1, -0.05) is 17.4 Å². The smallest absolute Gasteiger partial charge is 0.338 e. The molecule has 4 aromatic rings.